The van der Waals surface area contributed by atoms with Crippen molar-refractivity contribution in [3.8, 4) is 0 Å². The average molecular weight is 234 g/mol. The second kappa shape index (κ2) is 5.19. The molecule has 17 heavy (non-hydrogen) atoms. The van der Waals surface area contributed by atoms with E-state index in [1.165, 1.54) is 0 Å². The molecule has 2 atom stereocenters. The first kappa shape index (κ1) is 11.9. The van der Waals surface area contributed by atoms with E-state index in [4.69, 9.17) is 10.5 Å². The number of methoxy groups -OCH3 is 1. The zero-order valence-corrected chi connectivity index (χ0v) is 9.98. The third-order valence-electron chi connectivity index (χ3n) is 3.22. The van der Waals surface area contributed by atoms with Crippen molar-refractivity contribution in [3.05, 3.63) is 29.8 Å². The van der Waals surface area contributed by atoms with Crippen molar-refractivity contribution in [2.24, 2.45) is 0 Å². The molecule has 2 rings (SSSR count). The molecule has 1 aliphatic rings. The van der Waals surface area contributed by atoms with E-state index in [2.05, 4.69) is 5.32 Å². The van der Waals surface area contributed by atoms with Crippen LogP contribution in [0.4, 0.5) is 5.69 Å². The highest BCUT2D eigenvalue weighted by Gasteiger charge is 2.28. The average Bonchev–Trinajstić information content (AvgIpc) is 2.76. The first-order valence-electron chi connectivity index (χ1n) is 5.90. The van der Waals surface area contributed by atoms with E-state index in [-0.39, 0.29) is 18.1 Å². The van der Waals surface area contributed by atoms with Gasteiger partial charge in [0, 0.05) is 18.4 Å². The number of nitrogen functional groups attached to an aromatic ring is 1. The fourth-order valence-electron chi connectivity index (χ4n) is 2.30. The van der Waals surface area contributed by atoms with Crippen LogP contribution < -0.4 is 11.1 Å². The van der Waals surface area contributed by atoms with Crippen LogP contribution in [0.3, 0.4) is 0 Å². The lowest BCUT2D eigenvalue weighted by molar-refractivity contribution is 0.0722. The Hall–Kier alpha value is -1.55. The first-order valence-corrected chi connectivity index (χ1v) is 5.90. The molecule has 0 aromatic heterocycles. The van der Waals surface area contributed by atoms with Crippen molar-refractivity contribution in [2.45, 2.75) is 31.4 Å². The van der Waals surface area contributed by atoms with Gasteiger partial charge in [-0.2, -0.15) is 0 Å². The fourth-order valence-corrected chi connectivity index (χ4v) is 2.30. The molecule has 4 heteroatoms. The number of carbonyl (C=O) groups is 1. The van der Waals surface area contributed by atoms with Crippen LogP contribution in [0.5, 0.6) is 0 Å². The normalized spacial score (nSPS) is 23.6. The Bertz CT molecular complexity index is 406. The minimum absolute atomic E-state index is 0.0775. The molecule has 1 aliphatic carbocycles. The molecular formula is C13H18N2O2. The topological polar surface area (TPSA) is 64.3 Å². The lowest BCUT2D eigenvalue weighted by Crippen LogP contribution is -2.40. The molecule has 1 aromatic rings. The van der Waals surface area contributed by atoms with Gasteiger partial charge in [-0.05, 0) is 37.5 Å². The van der Waals surface area contributed by atoms with E-state index in [1.54, 1.807) is 31.4 Å². The molecule has 0 bridgehead atoms. The maximum absolute atomic E-state index is 12.0. The number of hydrogen-bond acceptors (Lipinski definition) is 3. The summed E-state index contributed by atoms with van der Waals surface area (Å²) in [5, 5.41) is 3.00. The van der Waals surface area contributed by atoms with Gasteiger partial charge in [0.25, 0.3) is 5.91 Å². The Labute approximate surface area is 101 Å². The molecule has 92 valence electrons. The quantitative estimate of drug-likeness (QED) is 0.780. The third kappa shape index (κ3) is 2.77. The van der Waals surface area contributed by atoms with Gasteiger partial charge in [-0.15, -0.1) is 0 Å². The van der Waals surface area contributed by atoms with Crippen molar-refractivity contribution in [1.29, 1.82) is 0 Å². The van der Waals surface area contributed by atoms with E-state index in [0.29, 0.717) is 11.3 Å². The van der Waals surface area contributed by atoms with E-state index in [0.717, 1.165) is 19.3 Å². The van der Waals surface area contributed by atoms with Gasteiger partial charge in [0.15, 0.2) is 0 Å². The smallest absolute Gasteiger partial charge is 0.251 e. The highest BCUT2D eigenvalue weighted by atomic mass is 16.5. The van der Waals surface area contributed by atoms with Crippen LogP contribution in [-0.2, 0) is 4.74 Å². The largest absolute Gasteiger partial charge is 0.399 e. The minimum Gasteiger partial charge on any atom is -0.399 e. The van der Waals surface area contributed by atoms with E-state index < -0.39 is 0 Å². The predicted octanol–water partition coefficient (Wildman–Crippen LogP) is 1.57. The van der Waals surface area contributed by atoms with Crippen LogP contribution in [-0.4, -0.2) is 25.2 Å². The van der Waals surface area contributed by atoms with E-state index >= 15 is 0 Å². The predicted molar refractivity (Wildman–Crippen MR) is 66.8 cm³/mol. The van der Waals surface area contributed by atoms with Crippen molar-refractivity contribution in [3.63, 3.8) is 0 Å². The molecule has 1 aromatic carbocycles. The number of nitrogens with two attached hydrogens (primary N) is 1. The molecule has 1 amide bonds. The summed E-state index contributed by atoms with van der Waals surface area (Å²) in [5.74, 6) is -0.0775. The second-order valence-electron chi connectivity index (χ2n) is 4.41. The van der Waals surface area contributed by atoms with Gasteiger partial charge in [0.05, 0.1) is 12.1 Å². The van der Waals surface area contributed by atoms with Gasteiger partial charge in [-0.1, -0.05) is 6.07 Å². The van der Waals surface area contributed by atoms with Crippen molar-refractivity contribution < 1.29 is 9.53 Å². The Morgan fingerprint density at radius 3 is 3.00 bits per heavy atom. The van der Waals surface area contributed by atoms with E-state index in [1.807, 2.05) is 0 Å². The number of hydrogen-bond donors (Lipinski definition) is 2. The molecule has 0 radical (unpaired) electrons. The van der Waals surface area contributed by atoms with Crippen LogP contribution >= 0.6 is 0 Å². The van der Waals surface area contributed by atoms with Gasteiger partial charge in [0.2, 0.25) is 0 Å². The number of anilines is 1. The van der Waals surface area contributed by atoms with Crippen molar-refractivity contribution in [2.75, 3.05) is 12.8 Å². The number of benzene rings is 1. The summed E-state index contributed by atoms with van der Waals surface area (Å²) in [6.45, 7) is 0. The van der Waals surface area contributed by atoms with E-state index in [9.17, 15) is 4.79 Å². The highest BCUT2D eigenvalue weighted by molar-refractivity contribution is 5.95. The molecule has 0 aliphatic heterocycles. The Balaban J connectivity index is 2.01. The van der Waals surface area contributed by atoms with Crippen LogP contribution in [0.25, 0.3) is 0 Å². The first-order chi connectivity index (χ1) is 8.20. The van der Waals surface area contributed by atoms with Crippen LogP contribution in [0.15, 0.2) is 24.3 Å². The zero-order chi connectivity index (χ0) is 12.3. The van der Waals surface area contributed by atoms with Crippen LogP contribution in [0, 0.1) is 0 Å². The fraction of sp³-hybridized carbons (Fsp3) is 0.462. The van der Waals surface area contributed by atoms with Gasteiger partial charge in [0.1, 0.15) is 0 Å². The summed E-state index contributed by atoms with van der Waals surface area (Å²) in [6.07, 6.45) is 3.23. The summed E-state index contributed by atoms with van der Waals surface area (Å²) in [7, 11) is 1.69. The van der Waals surface area contributed by atoms with Crippen LogP contribution in [0.1, 0.15) is 29.6 Å². The van der Waals surface area contributed by atoms with Gasteiger partial charge >= 0.3 is 0 Å². The molecule has 0 saturated heterocycles. The third-order valence-corrected chi connectivity index (χ3v) is 3.22. The van der Waals surface area contributed by atoms with Crippen molar-refractivity contribution in [1.82, 2.24) is 5.32 Å². The molecule has 1 saturated carbocycles. The molecule has 0 spiro atoms. The maximum Gasteiger partial charge on any atom is 0.251 e. The monoisotopic (exact) mass is 234 g/mol. The molecule has 2 unspecified atom stereocenters. The lowest BCUT2D eigenvalue weighted by atomic mass is 10.1. The summed E-state index contributed by atoms with van der Waals surface area (Å²) in [4.78, 5) is 12.0. The summed E-state index contributed by atoms with van der Waals surface area (Å²) < 4.78 is 5.34. The van der Waals surface area contributed by atoms with Crippen LogP contribution in [0.2, 0.25) is 0 Å². The van der Waals surface area contributed by atoms with Gasteiger partial charge < -0.3 is 15.8 Å². The standard InChI is InChI=1S/C13H18N2O2/c1-17-12-7-3-6-11(12)15-13(16)9-4-2-5-10(14)8-9/h2,4-5,8,11-12H,3,6-7,14H2,1H3,(H,15,16). The summed E-state index contributed by atoms with van der Waals surface area (Å²) in [6, 6.07) is 7.12. The maximum atomic E-state index is 12.0. The second-order valence-corrected chi connectivity index (χ2v) is 4.41. The Kier molecular flexibility index (Phi) is 3.64. The lowest BCUT2D eigenvalue weighted by Gasteiger charge is -2.19. The number of amides is 1. The Morgan fingerprint density at radius 2 is 2.29 bits per heavy atom. The molecule has 0 heterocycles. The summed E-state index contributed by atoms with van der Waals surface area (Å²) >= 11 is 0. The highest BCUT2D eigenvalue weighted by Crippen LogP contribution is 2.22. The summed E-state index contributed by atoms with van der Waals surface area (Å²) in [5.41, 5.74) is 6.86. The number of nitrogens with one attached hydrogen (secondary N) is 1. The SMILES string of the molecule is COC1CCCC1NC(=O)c1cccc(N)c1. The zero-order valence-electron chi connectivity index (χ0n) is 9.98. The minimum atomic E-state index is -0.0775. The molecule has 4 nitrogen and oxygen atoms in total. The number of rotatable bonds is 3. The Morgan fingerprint density at radius 1 is 1.47 bits per heavy atom. The molecular weight excluding hydrogens is 216 g/mol. The molecule has 3 N–H and O–H groups in total. The van der Waals surface area contributed by atoms with Gasteiger partial charge in [-0.3, -0.25) is 4.79 Å². The molecule has 1 fully saturated rings. The van der Waals surface area contributed by atoms with Crippen molar-refractivity contribution >= 4 is 11.6 Å². The number of carbonyl (C=O) groups excluding carboxylic acids is 1. The van der Waals surface area contributed by atoms with Gasteiger partial charge in [-0.25, -0.2) is 0 Å². The number of ether oxygens (including phenoxy) is 1.